The lowest BCUT2D eigenvalue weighted by atomic mass is 10.1. The first-order valence-corrected chi connectivity index (χ1v) is 6.73. The van der Waals surface area contributed by atoms with Crippen LogP contribution in [0.3, 0.4) is 0 Å². The Kier molecular flexibility index (Phi) is 4.95. The molecule has 0 radical (unpaired) electrons. The van der Waals surface area contributed by atoms with E-state index < -0.39 is 11.4 Å². The second kappa shape index (κ2) is 6.90. The fourth-order valence-electron chi connectivity index (χ4n) is 1.76. The topological polar surface area (TPSA) is 55.4 Å². The van der Waals surface area contributed by atoms with Gasteiger partial charge in [0, 0.05) is 11.1 Å². The fourth-order valence-corrected chi connectivity index (χ4v) is 1.98. The predicted molar refractivity (Wildman–Crippen MR) is 80.9 cm³/mol. The molecule has 2 aromatic rings. The molecule has 108 valence electrons. The number of benzene rings is 2. The Morgan fingerprint density at radius 3 is 2.19 bits per heavy atom. The van der Waals surface area contributed by atoms with Gasteiger partial charge in [-0.05, 0) is 24.3 Å². The number of ketones is 1. The summed E-state index contributed by atoms with van der Waals surface area (Å²) in [5, 5.41) is 2.47. The zero-order valence-corrected chi connectivity index (χ0v) is 12.1. The van der Waals surface area contributed by atoms with Crippen molar-refractivity contribution < 1.29 is 14.3 Å². The quantitative estimate of drug-likeness (QED) is 0.525. The molecule has 21 heavy (non-hydrogen) atoms. The summed E-state index contributed by atoms with van der Waals surface area (Å²) >= 11 is 5.96. The van der Waals surface area contributed by atoms with Gasteiger partial charge in [0.15, 0.2) is 11.3 Å². The Hall–Kier alpha value is -2.33. The molecule has 0 aliphatic heterocycles. The molecule has 1 amide bonds. The largest absolute Gasteiger partial charge is 0.497 e. The molecular formula is C16H14ClNO3. The van der Waals surface area contributed by atoms with Crippen LogP contribution in [-0.2, 0) is 0 Å². The van der Waals surface area contributed by atoms with Crippen LogP contribution >= 0.6 is 11.6 Å². The van der Waals surface area contributed by atoms with Crippen molar-refractivity contribution in [1.82, 2.24) is 5.32 Å². The number of rotatable bonds is 5. The maximum Gasteiger partial charge on any atom is 0.252 e. The summed E-state index contributed by atoms with van der Waals surface area (Å²) in [6.45, 7) is 0. The van der Waals surface area contributed by atoms with Gasteiger partial charge in [0.05, 0.1) is 7.11 Å². The lowest BCUT2D eigenvalue weighted by Crippen LogP contribution is -2.36. The number of Topliss-reactive ketones (excluding diaryl/α,β-unsaturated/α-hetero) is 1. The molecule has 0 heterocycles. The molecule has 1 N–H and O–H groups in total. The molecule has 0 unspecified atom stereocenters. The molecular weight excluding hydrogens is 290 g/mol. The van der Waals surface area contributed by atoms with Gasteiger partial charge >= 0.3 is 0 Å². The number of hydrogen-bond acceptors (Lipinski definition) is 3. The predicted octanol–water partition coefficient (Wildman–Crippen LogP) is 2.87. The van der Waals surface area contributed by atoms with Gasteiger partial charge in [-0.2, -0.15) is 0 Å². The highest BCUT2D eigenvalue weighted by atomic mass is 35.5. The summed E-state index contributed by atoms with van der Waals surface area (Å²) in [6, 6.07) is 15.1. The van der Waals surface area contributed by atoms with Gasteiger partial charge in [-0.15, -0.1) is 0 Å². The van der Waals surface area contributed by atoms with E-state index in [9.17, 15) is 9.59 Å². The molecule has 0 aliphatic carbocycles. The summed E-state index contributed by atoms with van der Waals surface area (Å²) in [6.07, 6.45) is 0. The minimum absolute atomic E-state index is 0.348. The Bertz CT molecular complexity index is 626. The lowest BCUT2D eigenvalue weighted by Gasteiger charge is -2.11. The minimum Gasteiger partial charge on any atom is -0.497 e. The lowest BCUT2D eigenvalue weighted by molar-refractivity contribution is 0.0889. The molecule has 0 bridgehead atoms. The van der Waals surface area contributed by atoms with Gasteiger partial charge in [-0.3, -0.25) is 9.59 Å². The normalized spacial score (nSPS) is 11.5. The van der Waals surface area contributed by atoms with Crippen LogP contribution in [0.25, 0.3) is 0 Å². The molecule has 0 aliphatic rings. The molecule has 5 heteroatoms. The van der Waals surface area contributed by atoms with Crippen LogP contribution in [0.1, 0.15) is 20.7 Å². The van der Waals surface area contributed by atoms with E-state index in [1.807, 2.05) is 0 Å². The van der Waals surface area contributed by atoms with E-state index in [-0.39, 0.29) is 5.78 Å². The molecule has 0 aromatic heterocycles. The fraction of sp³-hybridized carbons (Fsp3) is 0.125. The Labute approximate surface area is 127 Å². The Balaban J connectivity index is 2.03. The van der Waals surface area contributed by atoms with Crippen molar-refractivity contribution in [2.45, 2.75) is 5.50 Å². The van der Waals surface area contributed by atoms with Crippen molar-refractivity contribution in [3.8, 4) is 5.75 Å². The maximum atomic E-state index is 12.0. The van der Waals surface area contributed by atoms with Crippen LogP contribution in [-0.4, -0.2) is 24.3 Å². The zero-order valence-electron chi connectivity index (χ0n) is 11.4. The van der Waals surface area contributed by atoms with Crippen molar-refractivity contribution in [3.63, 3.8) is 0 Å². The number of amides is 1. The second-order valence-corrected chi connectivity index (χ2v) is 4.73. The number of halogens is 1. The number of alkyl halides is 1. The van der Waals surface area contributed by atoms with Gasteiger partial charge in [0.2, 0.25) is 0 Å². The maximum absolute atomic E-state index is 12.0. The van der Waals surface area contributed by atoms with Gasteiger partial charge in [-0.1, -0.05) is 41.9 Å². The number of carbonyl (C=O) groups excluding carboxylic acids is 2. The van der Waals surface area contributed by atoms with Crippen molar-refractivity contribution in [3.05, 3.63) is 65.7 Å². The van der Waals surface area contributed by atoms with Crippen LogP contribution in [0.15, 0.2) is 54.6 Å². The van der Waals surface area contributed by atoms with E-state index in [4.69, 9.17) is 16.3 Å². The van der Waals surface area contributed by atoms with Crippen LogP contribution in [0, 0.1) is 0 Å². The van der Waals surface area contributed by atoms with Gasteiger partial charge in [-0.25, -0.2) is 0 Å². The van der Waals surface area contributed by atoms with Crippen LogP contribution in [0.4, 0.5) is 0 Å². The minimum atomic E-state index is -1.11. The highest BCUT2D eigenvalue weighted by molar-refractivity contribution is 6.34. The van der Waals surface area contributed by atoms with E-state index in [1.165, 1.54) is 0 Å². The molecule has 4 nitrogen and oxygen atoms in total. The molecule has 2 rings (SSSR count). The van der Waals surface area contributed by atoms with Crippen molar-refractivity contribution >= 4 is 23.3 Å². The highest BCUT2D eigenvalue weighted by Crippen LogP contribution is 2.12. The third-order valence-corrected chi connectivity index (χ3v) is 3.21. The summed E-state index contributed by atoms with van der Waals surface area (Å²) in [5.41, 5.74) is -0.253. The number of ether oxygens (including phenoxy) is 1. The van der Waals surface area contributed by atoms with E-state index in [0.29, 0.717) is 16.9 Å². The Morgan fingerprint density at radius 2 is 1.62 bits per heavy atom. The average molecular weight is 304 g/mol. The second-order valence-electron chi connectivity index (χ2n) is 4.29. The van der Waals surface area contributed by atoms with Crippen molar-refractivity contribution in [2.75, 3.05) is 7.11 Å². The molecule has 0 saturated carbocycles. The molecule has 0 fully saturated rings. The molecule has 0 saturated heterocycles. The SMILES string of the molecule is COc1ccc(C(=O)N[C@H](Cl)C(=O)c2ccccc2)cc1. The van der Waals surface area contributed by atoms with E-state index in [2.05, 4.69) is 5.32 Å². The first kappa shape index (κ1) is 15.1. The van der Waals surface area contributed by atoms with Crippen LogP contribution in [0.5, 0.6) is 5.75 Å². The molecule has 0 spiro atoms. The van der Waals surface area contributed by atoms with Gasteiger partial charge in [0.25, 0.3) is 5.91 Å². The average Bonchev–Trinajstić information content (AvgIpc) is 2.55. The standard InChI is InChI=1S/C16H14ClNO3/c1-21-13-9-7-12(8-10-13)16(20)18-15(17)14(19)11-5-3-2-4-6-11/h2-10,15H,1H3,(H,18,20)/t15-/m0/s1. The number of methoxy groups -OCH3 is 1. The highest BCUT2D eigenvalue weighted by Gasteiger charge is 2.19. The molecule has 1 atom stereocenters. The van der Waals surface area contributed by atoms with Gasteiger partial charge < -0.3 is 10.1 Å². The molecule has 2 aromatic carbocycles. The number of nitrogens with one attached hydrogen (secondary N) is 1. The van der Waals surface area contributed by atoms with Gasteiger partial charge in [0.1, 0.15) is 5.75 Å². The Morgan fingerprint density at radius 1 is 1.00 bits per heavy atom. The van der Waals surface area contributed by atoms with Crippen LogP contribution < -0.4 is 10.1 Å². The van der Waals surface area contributed by atoms with Crippen LogP contribution in [0.2, 0.25) is 0 Å². The van der Waals surface area contributed by atoms with E-state index in [1.54, 1.807) is 61.7 Å². The van der Waals surface area contributed by atoms with Crippen molar-refractivity contribution in [1.29, 1.82) is 0 Å². The number of hydrogen-bond donors (Lipinski definition) is 1. The third-order valence-electron chi connectivity index (χ3n) is 2.90. The van der Waals surface area contributed by atoms with E-state index in [0.717, 1.165) is 0 Å². The smallest absolute Gasteiger partial charge is 0.252 e. The first-order valence-electron chi connectivity index (χ1n) is 6.30. The monoisotopic (exact) mass is 303 g/mol. The summed E-state index contributed by atoms with van der Waals surface area (Å²) in [4.78, 5) is 24.0. The first-order chi connectivity index (χ1) is 10.1. The van der Waals surface area contributed by atoms with Crippen molar-refractivity contribution in [2.24, 2.45) is 0 Å². The third kappa shape index (κ3) is 3.83. The summed E-state index contributed by atoms with van der Waals surface area (Å²) < 4.78 is 5.01. The summed E-state index contributed by atoms with van der Waals surface area (Å²) in [7, 11) is 1.54. The van der Waals surface area contributed by atoms with E-state index >= 15 is 0 Å². The zero-order chi connectivity index (χ0) is 15.2. The summed E-state index contributed by atoms with van der Waals surface area (Å²) in [5.74, 6) is -0.115. The number of carbonyl (C=O) groups is 2.